The number of aryl methyl sites for hydroxylation is 1. The molecule has 28 heavy (non-hydrogen) atoms. The summed E-state index contributed by atoms with van der Waals surface area (Å²) < 4.78 is 25.2. The SMILES string of the molecule is CCc1ccc(-c2ccc(CC(C)c3ccc(-c4cccc(F)c4)o3)cc2)o1. The highest BCUT2D eigenvalue weighted by atomic mass is 19.1. The Morgan fingerprint density at radius 1 is 0.821 bits per heavy atom. The third-order valence-electron chi connectivity index (χ3n) is 5.01. The van der Waals surface area contributed by atoms with E-state index in [0.29, 0.717) is 5.76 Å². The maximum absolute atomic E-state index is 13.4. The molecule has 4 rings (SSSR count). The van der Waals surface area contributed by atoms with Crippen molar-refractivity contribution in [2.75, 3.05) is 0 Å². The van der Waals surface area contributed by atoms with E-state index >= 15 is 0 Å². The molecule has 0 aliphatic rings. The van der Waals surface area contributed by atoms with Gasteiger partial charge in [0.1, 0.15) is 28.9 Å². The molecule has 3 heteroatoms. The minimum atomic E-state index is -0.258. The zero-order valence-electron chi connectivity index (χ0n) is 16.1. The van der Waals surface area contributed by atoms with Crippen molar-refractivity contribution in [3.8, 4) is 22.6 Å². The molecule has 2 aromatic heterocycles. The van der Waals surface area contributed by atoms with Crippen molar-refractivity contribution in [1.82, 2.24) is 0 Å². The molecule has 0 saturated carbocycles. The van der Waals surface area contributed by atoms with E-state index in [2.05, 4.69) is 38.1 Å². The summed E-state index contributed by atoms with van der Waals surface area (Å²) in [6, 6.07) is 22.9. The van der Waals surface area contributed by atoms with Crippen molar-refractivity contribution in [3.63, 3.8) is 0 Å². The van der Waals surface area contributed by atoms with Gasteiger partial charge in [-0.1, -0.05) is 50.2 Å². The molecular formula is C25H23FO2. The average Bonchev–Trinajstić information content (AvgIpc) is 3.38. The van der Waals surface area contributed by atoms with Crippen LogP contribution < -0.4 is 0 Å². The van der Waals surface area contributed by atoms with Gasteiger partial charge in [0.15, 0.2) is 0 Å². The van der Waals surface area contributed by atoms with E-state index in [1.54, 1.807) is 6.07 Å². The summed E-state index contributed by atoms with van der Waals surface area (Å²) in [5.74, 6) is 3.47. The molecule has 0 amide bonds. The van der Waals surface area contributed by atoms with E-state index in [1.165, 1.54) is 17.7 Å². The molecule has 2 heterocycles. The first-order valence-electron chi connectivity index (χ1n) is 9.66. The van der Waals surface area contributed by atoms with Crippen LogP contribution >= 0.6 is 0 Å². The minimum Gasteiger partial charge on any atom is -0.461 e. The maximum Gasteiger partial charge on any atom is 0.134 e. The van der Waals surface area contributed by atoms with Gasteiger partial charge in [0, 0.05) is 23.5 Å². The molecular weight excluding hydrogens is 351 g/mol. The third-order valence-corrected chi connectivity index (χ3v) is 5.01. The topological polar surface area (TPSA) is 26.3 Å². The van der Waals surface area contributed by atoms with Gasteiger partial charge in [-0.15, -0.1) is 0 Å². The second-order valence-electron chi connectivity index (χ2n) is 7.13. The Balaban J connectivity index is 1.45. The Bertz CT molecular complexity index is 1060. The highest BCUT2D eigenvalue weighted by Crippen LogP contribution is 2.29. The van der Waals surface area contributed by atoms with E-state index in [1.807, 2.05) is 30.3 Å². The first kappa shape index (κ1) is 18.3. The fourth-order valence-corrected chi connectivity index (χ4v) is 3.40. The van der Waals surface area contributed by atoms with Crippen LogP contribution in [0.4, 0.5) is 4.39 Å². The summed E-state index contributed by atoms with van der Waals surface area (Å²) in [4.78, 5) is 0. The van der Waals surface area contributed by atoms with Crippen LogP contribution in [0.15, 0.2) is 81.6 Å². The molecule has 1 unspecified atom stereocenters. The summed E-state index contributed by atoms with van der Waals surface area (Å²) in [6.45, 7) is 4.23. The Morgan fingerprint density at radius 2 is 1.57 bits per heavy atom. The molecule has 0 aliphatic heterocycles. The largest absolute Gasteiger partial charge is 0.461 e. The zero-order valence-corrected chi connectivity index (χ0v) is 16.1. The van der Waals surface area contributed by atoms with Gasteiger partial charge < -0.3 is 8.83 Å². The van der Waals surface area contributed by atoms with Crippen LogP contribution in [0, 0.1) is 5.82 Å². The molecule has 2 aromatic carbocycles. The predicted octanol–water partition coefficient (Wildman–Crippen LogP) is 7.25. The van der Waals surface area contributed by atoms with Crippen molar-refractivity contribution in [1.29, 1.82) is 0 Å². The quantitative estimate of drug-likeness (QED) is 0.355. The van der Waals surface area contributed by atoms with E-state index in [9.17, 15) is 4.39 Å². The van der Waals surface area contributed by atoms with Crippen molar-refractivity contribution < 1.29 is 13.2 Å². The summed E-state index contributed by atoms with van der Waals surface area (Å²) >= 11 is 0. The number of hydrogen-bond donors (Lipinski definition) is 0. The Kier molecular flexibility index (Phi) is 5.16. The number of halogens is 1. The van der Waals surface area contributed by atoms with Gasteiger partial charge in [0.2, 0.25) is 0 Å². The molecule has 0 spiro atoms. The smallest absolute Gasteiger partial charge is 0.134 e. The highest BCUT2D eigenvalue weighted by molar-refractivity contribution is 5.58. The van der Waals surface area contributed by atoms with Gasteiger partial charge in [-0.2, -0.15) is 0 Å². The second kappa shape index (κ2) is 7.89. The molecule has 1 atom stereocenters. The zero-order chi connectivity index (χ0) is 19.5. The van der Waals surface area contributed by atoms with Crippen LogP contribution in [0.1, 0.15) is 36.8 Å². The average molecular weight is 374 g/mol. The van der Waals surface area contributed by atoms with E-state index in [-0.39, 0.29) is 11.7 Å². The van der Waals surface area contributed by atoms with E-state index < -0.39 is 0 Å². The molecule has 142 valence electrons. The van der Waals surface area contributed by atoms with Gasteiger partial charge >= 0.3 is 0 Å². The van der Waals surface area contributed by atoms with Crippen LogP contribution in [0.25, 0.3) is 22.6 Å². The fourth-order valence-electron chi connectivity index (χ4n) is 3.40. The standard InChI is InChI=1S/C25H23FO2/c1-3-22-11-12-24(27-22)19-9-7-18(8-10-19)15-17(2)23-13-14-25(28-23)20-5-4-6-21(26)16-20/h4-14,16-17H,3,15H2,1-2H3. The van der Waals surface area contributed by atoms with Crippen molar-refractivity contribution >= 4 is 0 Å². The number of furan rings is 2. The lowest BCUT2D eigenvalue weighted by molar-refractivity contribution is 0.483. The van der Waals surface area contributed by atoms with Gasteiger partial charge in [-0.25, -0.2) is 4.39 Å². The van der Waals surface area contributed by atoms with Crippen LogP contribution in [0.3, 0.4) is 0 Å². The normalized spacial score (nSPS) is 12.2. The summed E-state index contributed by atoms with van der Waals surface area (Å²) in [7, 11) is 0. The monoisotopic (exact) mass is 374 g/mol. The second-order valence-corrected chi connectivity index (χ2v) is 7.13. The lowest BCUT2D eigenvalue weighted by atomic mass is 9.98. The lowest BCUT2D eigenvalue weighted by Gasteiger charge is -2.09. The van der Waals surface area contributed by atoms with Gasteiger partial charge in [0.25, 0.3) is 0 Å². The van der Waals surface area contributed by atoms with Gasteiger partial charge in [-0.05, 0) is 48.4 Å². The van der Waals surface area contributed by atoms with E-state index in [0.717, 1.165) is 41.2 Å². The number of benzene rings is 2. The van der Waals surface area contributed by atoms with Crippen LogP contribution in [-0.2, 0) is 12.8 Å². The Labute approximate surface area is 164 Å². The van der Waals surface area contributed by atoms with Crippen molar-refractivity contribution in [3.05, 3.63) is 95.7 Å². The molecule has 4 aromatic rings. The Hall–Kier alpha value is -3.07. The molecule has 0 fully saturated rings. The molecule has 0 bridgehead atoms. The number of hydrogen-bond acceptors (Lipinski definition) is 2. The highest BCUT2D eigenvalue weighted by Gasteiger charge is 2.13. The lowest BCUT2D eigenvalue weighted by Crippen LogP contribution is -1.96. The molecule has 0 N–H and O–H groups in total. The maximum atomic E-state index is 13.4. The van der Waals surface area contributed by atoms with E-state index in [4.69, 9.17) is 8.83 Å². The molecule has 0 radical (unpaired) electrons. The fraction of sp³-hybridized carbons (Fsp3) is 0.200. The van der Waals surface area contributed by atoms with Crippen molar-refractivity contribution in [2.24, 2.45) is 0 Å². The summed E-state index contributed by atoms with van der Waals surface area (Å²) in [5, 5.41) is 0. The molecule has 0 aliphatic carbocycles. The predicted molar refractivity (Wildman–Crippen MR) is 110 cm³/mol. The van der Waals surface area contributed by atoms with Gasteiger partial charge in [0.05, 0.1) is 0 Å². The molecule has 2 nitrogen and oxygen atoms in total. The molecule has 0 saturated heterocycles. The first-order valence-corrected chi connectivity index (χ1v) is 9.66. The van der Waals surface area contributed by atoms with Crippen LogP contribution in [0.2, 0.25) is 0 Å². The third kappa shape index (κ3) is 3.94. The minimum absolute atomic E-state index is 0.225. The summed E-state index contributed by atoms with van der Waals surface area (Å²) in [6.07, 6.45) is 1.77. The van der Waals surface area contributed by atoms with Gasteiger partial charge in [-0.3, -0.25) is 0 Å². The van der Waals surface area contributed by atoms with Crippen LogP contribution in [0.5, 0.6) is 0 Å². The Morgan fingerprint density at radius 3 is 2.29 bits per heavy atom. The first-order chi connectivity index (χ1) is 13.6. The van der Waals surface area contributed by atoms with Crippen LogP contribution in [-0.4, -0.2) is 0 Å². The summed E-state index contributed by atoms with van der Waals surface area (Å²) in [5.41, 5.74) is 3.08. The van der Waals surface area contributed by atoms with Crippen molar-refractivity contribution in [2.45, 2.75) is 32.6 Å². The number of rotatable bonds is 6.